The maximum atomic E-state index is 6.72. The molecule has 240 valence electrons. The lowest BCUT2D eigenvalue weighted by Gasteiger charge is -2.57. The van der Waals surface area contributed by atoms with Crippen LogP contribution in [0.3, 0.4) is 0 Å². The van der Waals surface area contributed by atoms with E-state index in [1.807, 2.05) is 0 Å². The number of rotatable bonds is 10. The molecule has 44 heavy (non-hydrogen) atoms. The topological polar surface area (TPSA) is 46.2 Å². The molecular formula is C38H55BO5. The average molecular weight is 603 g/mol. The molecule has 0 aromatic heterocycles. The van der Waals surface area contributed by atoms with Gasteiger partial charge in [0.2, 0.25) is 0 Å². The van der Waals surface area contributed by atoms with Crippen molar-refractivity contribution in [3.63, 3.8) is 0 Å². The normalized spacial score (nSPS) is 28.5. The minimum atomic E-state index is -0.503. The first kappa shape index (κ1) is 31.9. The first-order valence-corrected chi connectivity index (χ1v) is 17.2. The summed E-state index contributed by atoms with van der Waals surface area (Å²) in [5.74, 6) is 4.31. The van der Waals surface area contributed by atoms with Gasteiger partial charge in [-0.1, -0.05) is 46.2 Å². The van der Waals surface area contributed by atoms with Crippen molar-refractivity contribution in [2.45, 2.75) is 129 Å². The van der Waals surface area contributed by atoms with Crippen molar-refractivity contribution in [3.05, 3.63) is 41.5 Å². The fourth-order valence-corrected chi connectivity index (χ4v) is 8.74. The van der Waals surface area contributed by atoms with E-state index in [4.69, 9.17) is 23.5 Å². The van der Waals surface area contributed by atoms with Crippen LogP contribution in [0, 0.1) is 17.8 Å². The Morgan fingerprint density at radius 2 is 1.45 bits per heavy atom. The number of ether oxygens (including phenoxy) is 3. The molecule has 0 atom stereocenters. The highest BCUT2D eigenvalue weighted by Crippen LogP contribution is 2.63. The summed E-state index contributed by atoms with van der Waals surface area (Å²) >= 11 is 0. The van der Waals surface area contributed by atoms with E-state index >= 15 is 0 Å². The van der Waals surface area contributed by atoms with E-state index in [2.05, 4.69) is 85.7 Å². The van der Waals surface area contributed by atoms with Crippen molar-refractivity contribution >= 4 is 12.6 Å². The quantitative estimate of drug-likeness (QED) is 0.155. The maximum absolute atomic E-state index is 6.72. The van der Waals surface area contributed by atoms with Crippen molar-refractivity contribution in [1.29, 1.82) is 0 Å². The van der Waals surface area contributed by atoms with Crippen molar-refractivity contribution in [1.82, 2.24) is 0 Å². The van der Waals surface area contributed by atoms with Crippen LogP contribution in [0.25, 0.3) is 11.1 Å². The second kappa shape index (κ2) is 11.7. The summed E-state index contributed by atoms with van der Waals surface area (Å²) in [7, 11) is 1.21. The summed E-state index contributed by atoms with van der Waals surface area (Å²) in [6.45, 7) is 18.5. The van der Waals surface area contributed by atoms with Crippen LogP contribution >= 0.6 is 0 Å². The van der Waals surface area contributed by atoms with Crippen molar-refractivity contribution in [3.8, 4) is 22.6 Å². The largest absolute Gasteiger partial charge is 0.495 e. The third-order valence-corrected chi connectivity index (χ3v) is 11.5. The van der Waals surface area contributed by atoms with E-state index in [1.54, 1.807) is 7.11 Å². The summed E-state index contributed by atoms with van der Waals surface area (Å²) < 4.78 is 32.0. The van der Waals surface area contributed by atoms with E-state index < -0.39 is 18.3 Å². The van der Waals surface area contributed by atoms with Gasteiger partial charge in [0.1, 0.15) is 11.5 Å². The van der Waals surface area contributed by atoms with E-state index in [0.29, 0.717) is 6.61 Å². The van der Waals surface area contributed by atoms with Gasteiger partial charge >= 0.3 is 7.12 Å². The highest BCUT2D eigenvalue weighted by atomic mass is 16.7. The Bertz CT molecular complexity index is 1300. The SMILES string of the molecule is CCCCOc1ccc(B2OC(C)(C)C(C)(C)O2)c(-c2cc(C(C)(C)C)cc(C34CC5CC(CC(C5)C3)C4)c2OCOC)c1. The van der Waals surface area contributed by atoms with Gasteiger partial charge in [-0.3, -0.25) is 0 Å². The van der Waals surface area contributed by atoms with Gasteiger partial charge < -0.3 is 23.5 Å². The monoisotopic (exact) mass is 602 g/mol. The number of unbranched alkanes of at least 4 members (excludes halogenated alkanes) is 1. The van der Waals surface area contributed by atoms with Crippen LogP contribution in [0.1, 0.15) is 118 Å². The molecule has 0 radical (unpaired) electrons. The van der Waals surface area contributed by atoms with Gasteiger partial charge in [-0.25, -0.2) is 0 Å². The Kier molecular flexibility index (Phi) is 8.46. The molecular weight excluding hydrogens is 547 g/mol. The Morgan fingerprint density at radius 1 is 0.841 bits per heavy atom. The molecule has 5 nitrogen and oxygen atoms in total. The van der Waals surface area contributed by atoms with Crippen molar-refractivity contribution < 1.29 is 23.5 Å². The molecule has 5 aliphatic rings. The Balaban J connectivity index is 1.57. The molecule has 1 aliphatic heterocycles. The molecule has 4 bridgehead atoms. The smallest absolute Gasteiger partial charge is 0.494 e. The predicted octanol–water partition coefficient (Wildman–Crippen LogP) is 8.58. The summed E-state index contributed by atoms with van der Waals surface area (Å²) in [5.41, 5.74) is 5.09. The Morgan fingerprint density at radius 3 is 2.00 bits per heavy atom. The minimum absolute atomic E-state index is 0.0364. The standard InChI is InChI=1S/C38H55BO5/c1-10-11-14-41-29-12-13-33(39-43-36(5,6)37(7,8)44-39)30(20-29)31-18-28(35(2,3)4)19-32(34(31)42-24-40-9)38-21-25-15-26(22-38)17-27(16-25)23-38/h12-13,18-20,25-27H,10-11,14-17,21-24H2,1-9H3. The van der Waals surface area contributed by atoms with Crippen LogP contribution in [0.15, 0.2) is 30.3 Å². The third kappa shape index (κ3) is 5.84. The first-order valence-electron chi connectivity index (χ1n) is 17.2. The van der Waals surface area contributed by atoms with Gasteiger partial charge in [-0.15, -0.1) is 0 Å². The zero-order valence-electron chi connectivity index (χ0n) is 28.8. The molecule has 2 aromatic rings. The van der Waals surface area contributed by atoms with Crippen LogP contribution in [0.5, 0.6) is 11.5 Å². The summed E-state index contributed by atoms with van der Waals surface area (Å²) in [6.07, 6.45) is 10.1. The Labute approximate surface area is 266 Å². The fourth-order valence-electron chi connectivity index (χ4n) is 8.74. The van der Waals surface area contributed by atoms with Gasteiger partial charge in [-0.05, 0) is 136 Å². The lowest BCUT2D eigenvalue weighted by molar-refractivity contribution is -0.00881. The van der Waals surface area contributed by atoms with Crippen LogP contribution in [-0.4, -0.2) is 38.8 Å². The number of hydrogen-bond donors (Lipinski definition) is 0. The zero-order chi connectivity index (χ0) is 31.5. The molecule has 0 amide bonds. The van der Waals surface area contributed by atoms with Crippen LogP contribution in [0.2, 0.25) is 0 Å². The van der Waals surface area contributed by atoms with E-state index in [1.165, 1.54) is 49.7 Å². The zero-order valence-corrected chi connectivity index (χ0v) is 28.8. The lowest BCUT2D eigenvalue weighted by Crippen LogP contribution is -2.48. The second-order valence-electron chi connectivity index (χ2n) is 16.4. The molecule has 4 aliphatic carbocycles. The summed E-state index contributed by atoms with van der Waals surface area (Å²) in [5, 5.41) is 0. The predicted molar refractivity (Wildman–Crippen MR) is 179 cm³/mol. The van der Waals surface area contributed by atoms with Gasteiger partial charge in [0.25, 0.3) is 0 Å². The molecule has 1 saturated heterocycles. The van der Waals surface area contributed by atoms with E-state index in [-0.39, 0.29) is 17.6 Å². The minimum Gasteiger partial charge on any atom is -0.494 e. The van der Waals surface area contributed by atoms with Crippen molar-refractivity contribution in [2.75, 3.05) is 20.5 Å². The molecule has 6 heteroatoms. The molecule has 0 unspecified atom stereocenters. The highest BCUT2D eigenvalue weighted by molar-refractivity contribution is 6.64. The maximum Gasteiger partial charge on any atom is 0.495 e. The molecule has 7 rings (SSSR count). The molecule has 1 heterocycles. The van der Waals surface area contributed by atoms with Crippen LogP contribution < -0.4 is 14.9 Å². The fraction of sp³-hybridized carbons (Fsp3) is 0.684. The number of hydrogen-bond acceptors (Lipinski definition) is 5. The first-order chi connectivity index (χ1) is 20.7. The molecule has 4 saturated carbocycles. The van der Waals surface area contributed by atoms with Crippen molar-refractivity contribution in [2.24, 2.45) is 17.8 Å². The van der Waals surface area contributed by atoms with Gasteiger partial charge in [0.15, 0.2) is 6.79 Å². The number of methoxy groups -OCH3 is 1. The van der Waals surface area contributed by atoms with Gasteiger partial charge in [-0.2, -0.15) is 0 Å². The molecule has 5 fully saturated rings. The molecule has 0 spiro atoms. The molecule has 2 aromatic carbocycles. The number of benzene rings is 2. The summed E-state index contributed by atoms with van der Waals surface area (Å²) in [4.78, 5) is 0. The Hall–Kier alpha value is -2.02. The van der Waals surface area contributed by atoms with Crippen LogP contribution in [-0.2, 0) is 24.9 Å². The lowest BCUT2D eigenvalue weighted by atomic mass is 9.47. The summed E-state index contributed by atoms with van der Waals surface area (Å²) in [6, 6.07) is 11.3. The molecule has 0 N–H and O–H groups in total. The average Bonchev–Trinajstić information content (AvgIpc) is 3.16. The van der Waals surface area contributed by atoms with Gasteiger partial charge in [0, 0.05) is 18.2 Å². The van der Waals surface area contributed by atoms with Crippen LogP contribution in [0.4, 0.5) is 0 Å². The third-order valence-electron chi connectivity index (χ3n) is 11.5. The second-order valence-corrected chi connectivity index (χ2v) is 16.4. The van der Waals surface area contributed by atoms with Gasteiger partial charge in [0.05, 0.1) is 17.8 Å². The highest BCUT2D eigenvalue weighted by Gasteiger charge is 2.54. The van der Waals surface area contributed by atoms with E-state index in [0.717, 1.165) is 58.7 Å². The van der Waals surface area contributed by atoms with E-state index in [9.17, 15) is 0 Å².